The zero-order valence-corrected chi connectivity index (χ0v) is 12.5. The van der Waals surface area contributed by atoms with Crippen molar-refractivity contribution in [3.05, 3.63) is 47.7 Å². The van der Waals surface area contributed by atoms with Crippen molar-refractivity contribution >= 4 is 17.8 Å². The van der Waals surface area contributed by atoms with Gasteiger partial charge in [0.25, 0.3) is 5.91 Å². The minimum absolute atomic E-state index is 0.220. The number of allylic oxidation sites excluding steroid dienone is 1. The SMILES string of the molecule is CCCNC(=O)CN1C(=O)N/C(=C\Cc2ccccc2)C1=O. The fourth-order valence-electron chi connectivity index (χ4n) is 2.05. The van der Waals surface area contributed by atoms with Gasteiger partial charge in [-0.2, -0.15) is 0 Å². The zero-order valence-electron chi connectivity index (χ0n) is 12.5. The number of nitrogens with one attached hydrogen (secondary N) is 2. The number of urea groups is 1. The molecule has 0 aliphatic carbocycles. The number of carbonyl (C=O) groups excluding carboxylic acids is 3. The quantitative estimate of drug-likeness (QED) is 0.612. The molecule has 1 aliphatic heterocycles. The smallest absolute Gasteiger partial charge is 0.329 e. The van der Waals surface area contributed by atoms with Gasteiger partial charge in [0, 0.05) is 6.54 Å². The Kier molecular flexibility index (Phi) is 5.30. The summed E-state index contributed by atoms with van der Waals surface area (Å²) in [6.07, 6.45) is 3.01. The minimum Gasteiger partial charge on any atom is -0.355 e. The van der Waals surface area contributed by atoms with Crippen molar-refractivity contribution in [2.45, 2.75) is 19.8 Å². The van der Waals surface area contributed by atoms with Crippen LogP contribution < -0.4 is 10.6 Å². The Morgan fingerprint density at radius 3 is 2.68 bits per heavy atom. The lowest BCUT2D eigenvalue weighted by molar-refractivity contribution is -0.129. The molecule has 116 valence electrons. The third-order valence-corrected chi connectivity index (χ3v) is 3.22. The third kappa shape index (κ3) is 3.94. The Balaban J connectivity index is 1.97. The van der Waals surface area contributed by atoms with Crippen LogP contribution in [0.25, 0.3) is 0 Å². The van der Waals surface area contributed by atoms with Crippen LogP contribution in [0.1, 0.15) is 18.9 Å². The molecule has 6 nitrogen and oxygen atoms in total. The topological polar surface area (TPSA) is 78.5 Å². The molecule has 0 aromatic heterocycles. The number of imide groups is 1. The van der Waals surface area contributed by atoms with Crippen molar-refractivity contribution < 1.29 is 14.4 Å². The van der Waals surface area contributed by atoms with Gasteiger partial charge in [0.05, 0.1) is 0 Å². The van der Waals surface area contributed by atoms with Crippen molar-refractivity contribution in [1.29, 1.82) is 0 Å². The summed E-state index contributed by atoms with van der Waals surface area (Å²) in [5.41, 5.74) is 1.26. The average molecular weight is 301 g/mol. The molecule has 0 spiro atoms. The van der Waals surface area contributed by atoms with Crippen LogP contribution in [-0.2, 0) is 16.0 Å². The van der Waals surface area contributed by atoms with Crippen LogP contribution in [0.3, 0.4) is 0 Å². The first-order valence-corrected chi connectivity index (χ1v) is 7.25. The summed E-state index contributed by atoms with van der Waals surface area (Å²) < 4.78 is 0. The first-order chi connectivity index (χ1) is 10.6. The Hall–Kier alpha value is -2.63. The molecule has 2 rings (SSSR count). The summed E-state index contributed by atoms with van der Waals surface area (Å²) in [6.45, 7) is 2.20. The van der Waals surface area contributed by atoms with E-state index in [4.69, 9.17) is 0 Å². The van der Waals surface area contributed by atoms with E-state index in [9.17, 15) is 14.4 Å². The number of nitrogens with zero attached hydrogens (tertiary/aromatic N) is 1. The van der Waals surface area contributed by atoms with Gasteiger partial charge in [-0.05, 0) is 18.4 Å². The summed E-state index contributed by atoms with van der Waals surface area (Å²) in [5, 5.41) is 5.14. The molecular formula is C16H19N3O3. The summed E-state index contributed by atoms with van der Waals surface area (Å²) in [5.74, 6) is -0.803. The first kappa shape index (κ1) is 15.8. The molecule has 0 saturated carbocycles. The molecule has 1 aromatic carbocycles. The maximum absolute atomic E-state index is 12.1. The number of hydrogen-bond donors (Lipinski definition) is 2. The Morgan fingerprint density at radius 1 is 1.27 bits per heavy atom. The van der Waals surface area contributed by atoms with Crippen LogP contribution in [0.4, 0.5) is 4.79 Å². The van der Waals surface area contributed by atoms with Gasteiger partial charge < -0.3 is 10.6 Å². The predicted molar refractivity (Wildman–Crippen MR) is 81.8 cm³/mol. The minimum atomic E-state index is -0.559. The molecular weight excluding hydrogens is 282 g/mol. The maximum atomic E-state index is 12.1. The maximum Gasteiger partial charge on any atom is 0.329 e. The molecule has 1 fully saturated rings. The summed E-state index contributed by atoms with van der Waals surface area (Å²) >= 11 is 0. The van der Waals surface area contributed by atoms with Crippen molar-refractivity contribution in [3.8, 4) is 0 Å². The highest BCUT2D eigenvalue weighted by molar-refractivity contribution is 6.13. The molecule has 0 atom stereocenters. The van der Waals surface area contributed by atoms with Crippen molar-refractivity contribution in [3.63, 3.8) is 0 Å². The van der Waals surface area contributed by atoms with Crippen molar-refractivity contribution in [2.75, 3.05) is 13.1 Å². The van der Waals surface area contributed by atoms with Gasteiger partial charge in [-0.25, -0.2) is 9.69 Å². The third-order valence-electron chi connectivity index (χ3n) is 3.22. The van der Waals surface area contributed by atoms with E-state index in [1.807, 2.05) is 37.3 Å². The van der Waals surface area contributed by atoms with Crippen LogP contribution in [0, 0.1) is 0 Å². The normalized spacial score (nSPS) is 16.0. The van der Waals surface area contributed by atoms with E-state index in [0.29, 0.717) is 13.0 Å². The highest BCUT2D eigenvalue weighted by Crippen LogP contribution is 2.11. The van der Waals surface area contributed by atoms with E-state index in [-0.39, 0.29) is 18.1 Å². The van der Waals surface area contributed by atoms with Crippen LogP contribution >= 0.6 is 0 Å². The van der Waals surface area contributed by atoms with Gasteiger partial charge in [-0.15, -0.1) is 0 Å². The second-order valence-electron chi connectivity index (χ2n) is 4.98. The molecule has 0 unspecified atom stereocenters. The van der Waals surface area contributed by atoms with E-state index >= 15 is 0 Å². The van der Waals surface area contributed by atoms with Crippen LogP contribution in [0.5, 0.6) is 0 Å². The molecule has 1 heterocycles. The number of benzene rings is 1. The highest BCUT2D eigenvalue weighted by atomic mass is 16.2. The Bertz CT molecular complexity index is 596. The van der Waals surface area contributed by atoms with Gasteiger partial charge in [0.2, 0.25) is 5.91 Å². The van der Waals surface area contributed by atoms with Gasteiger partial charge in [0.1, 0.15) is 12.2 Å². The lowest BCUT2D eigenvalue weighted by atomic mass is 10.1. The molecule has 0 bridgehead atoms. The number of rotatable bonds is 6. The van der Waals surface area contributed by atoms with Gasteiger partial charge in [-0.3, -0.25) is 9.59 Å². The average Bonchev–Trinajstić information content (AvgIpc) is 2.79. The second-order valence-corrected chi connectivity index (χ2v) is 4.98. The van der Waals surface area contributed by atoms with Crippen molar-refractivity contribution in [1.82, 2.24) is 15.5 Å². The highest BCUT2D eigenvalue weighted by Gasteiger charge is 2.34. The zero-order chi connectivity index (χ0) is 15.9. The lowest BCUT2D eigenvalue weighted by Gasteiger charge is -2.11. The summed E-state index contributed by atoms with van der Waals surface area (Å²) in [4.78, 5) is 36.5. The monoisotopic (exact) mass is 301 g/mol. The number of amides is 4. The Morgan fingerprint density at radius 2 is 2.00 bits per heavy atom. The molecule has 6 heteroatoms. The molecule has 1 aromatic rings. The lowest BCUT2D eigenvalue weighted by Crippen LogP contribution is -2.41. The standard InChI is InChI=1S/C16H19N3O3/c1-2-10-17-14(20)11-19-15(21)13(18-16(19)22)9-8-12-6-4-3-5-7-12/h3-7,9H,2,8,10-11H2,1H3,(H,17,20)(H,18,22)/b13-9-. The van der Waals surface area contributed by atoms with E-state index in [1.165, 1.54) is 0 Å². The van der Waals surface area contributed by atoms with Crippen LogP contribution in [-0.4, -0.2) is 35.8 Å². The fourth-order valence-corrected chi connectivity index (χ4v) is 2.05. The Labute approximate surface area is 129 Å². The number of hydrogen-bond acceptors (Lipinski definition) is 3. The van der Waals surface area contributed by atoms with Crippen LogP contribution in [0.15, 0.2) is 42.1 Å². The second kappa shape index (κ2) is 7.40. The molecule has 2 N–H and O–H groups in total. The van der Waals surface area contributed by atoms with E-state index in [1.54, 1.807) is 6.08 Å². The van der Waals surface area contributed by atoms with Crippen LogP contribution in [0.2, 0.25) is 0 Å². The summed E-state index contributed by atoms with van der Waals surface area (Å²) in [7, 11) is 0. The van der Waals surface area contributed by atoms with E-state index < -0.39 is 11.9 Å². The summed E-state index contributed by atoms with van der Waals surface area (Å²) in [6, 6.07) is 9.05. The van der Waals surface area contributed by atoms with Gasteiger partial charge >= 0.3 is 6.03 Å². The molecule has 22 heavy (non-hydrogen) atoms. The fraction of sp³-hybridized carbons (Fsp3) is 0.312. The number of carbonyl (C=O) groups is 3. The molecule has 1 saturated heterocycles. The van der Waals surface area contributed by atoms with Gasteiger partial charge in [-0.1, -0.05) is 43.3 Å². The largest absolute Gasteiger partial charge is 0.355 e. The molecule has 4 amide bonds. The predicted octanol–water partition coefficient (Wildman–Crippen LogP) is 1.19. The molecule has 0 radical (unpaired) electrons. The van der Waals surface area contributed by atoms with E-state index in [0.717, 1.165) is 16.9 Å². The molecule has 1 aliphatic rings. The van der Waals surface area contributed by atoms with E-state index in [2.05, 4.69) is 10.6 Å². The van der Waals surface area contributed by atoms with Gasteiger partial charge in [0.15, 0.2) is 0 Å². The first-order valence-electron chi connectivity index (χ1n) is 7.25. The van der Waals surface area contributed by atoms with Crippen molar-refractivity contribution in [2.24, 2.45) is 0 Å².